The number of rotatable bonds is 2. The van der Waals surface area contributed by atoms with E-state index in [0.29, 0.717) is 6.42 Å². The molecule has 0 fully saturated rings. The Kier molecular flexibility index (Phi) is 2.24. The molecule has 4 heteroatoms. The highest BCUT2D eigenvalue weighted by atomic mass is 15.3. The summed E-state index contributed by atoms with van der Waals surface area (Å²) in [5, 5.41) is 3.96. The van der Waals surface area contributed by atoms with Gasteiger partial charge in [0.05, 0.1) is 0 Å². The summed E-state index contributed by atoms with van der Waals surface area (Å²) in [5.74, 6) is 3.30. The monoisotopic (exact) mass is 184 g/mol. The normalized spacial score (nSPS) is 9.64. The van der Waals surface area contributed by atoms with Gasteiger partial charge in [0.2, 0.25) is 0 Å². The lowest BCUT2D eigenvalue weighted by Crippen LogP contribution is -1.97. The molecule has 0 amide bonds. The van der Waals surface area contributed by atoms with Gasteiger partial charge in [0.25, 0.3) is 0 Å². The summed E-state index contributed by atoms with van der Waals surface area (Å²) in [6.07, 6.45) is 10.6. The third-order valence-electron chi connectivity index (χ3n) is 1.77. The first kappa shape index (κ1) is 8.45. The molecule has 0 aliphatic carbocycles. The Morgan fingerprint density at radius 2 is 2.36 bits per heavy atom. The molecule has 2 aromatic rings. The second kappa shape index (κ2) is 3.71. The minimum Gasteiger partial charge on any atom is -0.237 e. The molecular formula is C10H8N4. The van der Waals surface area contributed by atoms with E-state index < -0.39 is 0 Å². The van der Waals surface area contributed by atoms with Gasteiger partial charge in [0, 0.05) is 12.6 Å². The highest BCUT2D eigenvalue weighted by Gasteiger charge is 1.97. The van der Waals surface area contributed by atoms with Crippen LogP contribution < -0.4 is 0 Å². The van der Waals surface area contributed by atoms with Crippen molar-refractivity contribution in [2.75, 3.05) is 0 Å². The minimum absolute atomic E-state index is 0.602. The number of terminal acetylenes is 1. The third kappa shape index (κ3) is 1.62. The van der Waals surface area contributed by atoms with Crippen molar-refractivity contribution >= 4 is 0 Å². The van der Waals surface area contributed by atoms with Crippen LogP contribution in [0.1, 0.15) is 5.56 Å². The molecule has 0 saturated heterocycles. The number of pyridine rings is 1. The topological polar surface area (TPSA) is 43.6 Å². The second-order valence-electron chi connectivity index (χ2n) is 2.75. The average molecular weight is 184 g/mol. The van der Waals surface area contributed by atoms with Gasteiger partial charge < -0.3 is 0 Å². The molecule has 0 saturated carbocycles. The maximum absolute atomic E-state index is 5.19. The fourth-order valence-electron chi connectivity index (χ4n) is 1.10. The van der Waals surface area contributed by atoms with Gasteiger partial charge in [-0.1, -0.05) is 6.07 Å². The average Bonchev–Trinajstić information content (AvgIpc) is 2.72. The van der Waals surface area contributed by atoms with Gasteiger partial charge in [-0.3, -0.25) is 0 Å². The highest BCUT2D eigenvalue weighted by molar-refractivity contribution is 5.25. The zero-order valence-corrected chi connectivity index (χ0v) is 7.46. The Hall–Kier alpha value is -2.15. The lowest BCUT2D eigenvalue weighted by atomic mass is 10.2. The van der Waals surface area contributed by atoms with Crippen LogP contribution in [-0.2, 0) is 6.42 Å². The lowest BCUT2D eigenvalue weighted by Gasteiger charge is -1.99. The summed E-state index contributed by atoms with van der Waals surface area (Å²) in [6.45, 7) is 0. The first-order chi connectivity index (χ1) is 6.90. The fraction of sp³-hybridized carbons (Fsp3) is 0.100. The van der Waals surface area contributed by atoms with Crippen LogP contribution >= 0.6 is 0 Å². The van der Waals surface area contributed by atoms with E-state index in [0.717, 1.165) is 11.4 Å². The quantitative estimate of drug-likeness (QED) is 0.649. The van der Waals surface area contributed by atoms with E-state index in [9.17, 15) is 0 Å². The van der Waals surface area contributed by atoms with Crippen molar-refractivity contribution in [2.24, 2.45) is 0 Å². The number of aromatic nitrogens is 4. The van der Waals surface area contributed by atoms with Gasteiger partial charge in [-0.2, -0.15) is 5.10 Å². The summed E-state index contributed by atoms with van der Waals surface area (Å²) in [6, 6.07) is 3.80. The van der Waals surface area contributed by atoms with Crippen molar-refractivity contribution in [3.05, 3.63) is 36.5 Å². The molecule has 0 atom stereocenters. The van der Waals surface area contributed by atoms with E-state index >= 15 is 0 Å². The van der Waals surface area contributed by atoms with Gasteiger partial charge in [0.15, 0.2) is 5.82 Å². The minimum atomic E-state index is 0.602. The predicted molar refractivity (Wildman–Crippen MR) is 51.7 cm³/mol. The fourth-order valence-corrected chi connectivity index (χ4v) is 1.10. The molecule has 2 heterocycles. The predicted octanol–water partition coefficient (Wildman–Crippen LogP) is 0.838. The van der Waals surface area contributed by atoms with Gasteiger partial charge in [-0.15, -0.1) is 12.3 Å². The molecule has 2 rings (SSSR count). The Labute approximate surface area is 81.6 Å². The summed E-state index contributed by atoms with van der Waals surface area (Å²) >= 11 is 0. The molecule has 4 nitrogen and oxygen atoms in total. The first-order valence-corrected chi connectivity index (χ1v) is 4.13. The number of nitrogens with zero attached hydrogens (tertiary/aromatic N) is 4. The Bertz CT molecular complexity index is 436. The van der Waals surface area contributed by atoms with Crippen molar-refractivity contribution in [2.45, 2.75) is 6.42 Å². The molecule has 68 valence electrons. The molecule has 0 aromatic carbocycles. The zero-order valence-electron chi connectivity index (χ0n) is 7.46. The van der Waals surface area contributed by atoms with Crippen molar-refractivity contribution in [3.8, 4) is 18.2 Å². The molecule has 0 aliphatic rings. The van der Waals surface area contributed by atoms with E-state index in [4.69, 9.17) is 6.42 Å². The van der Waals surface area contributed by atoms with Crippen LogP contribution in [0.25, 0.3) is 5.82 Å². The molecule has 0 spiro atoms. The lowest BCUT2D eigenvalue weighted by molar-refractivity contribution is 0.843. The van der Waals surface area contributed by atoms with Crippen LogP contribution in [0.2, 0.25) is 0 Å². The smallest absolute Gasteiger partial charge is 0.155 e. The van der Waals surface area contributed by atoms with E-state index in [1.165, 1.54) is 6.33 Å². The Balaban J connectivity index is 2.27. The van der Waals surface area contributed by atoms with Crippen LogP contribution in [0.5, 0.6) is 0 Å². The molecule has 0 unspecified atom stereocenters. The zero-order chi connectivity index (χ0) is 9.80. The van der Waals surface area contributed by atoms with Crippen LogP contribution in [-0.4, -0.2) is 19.7 Å². The van der Waals surface area contributed by atoms with Crippen molar-refractivity contribution in [1.29, 1.82) is 0 Å². The van der Waals surface area contributed by atoms with E-state index in [2.05, 4.69) is 21.0 Å². The molecule has 0 N–H and O–H groups in total. The second-order valence-corrected chi connectivity index (χ2v) is 2.75. The number of hydrogen-bond donors (Lipinski definition) is 0. The van der Waals surface area contributed by atoms with Crippen LogP contribution in [0.3, 0.4) is 0 Å². The van der Waals surface area contributed by atoms with Crippen molar-refractivity contribution in [1.82, 2.24) is 19.7 Å². The maximum atomic E-state index is 5.19. The first-order valence-electron chi connectivity index (χ1n) is 4.13. The summed E-state index contributed by atoms with van der Waals surface area (Å²) < 4.78 is 1.60. The Morgan fingerprint density at radius 1 is 1.43 bits per heavy atom. The molecule has 0 aliphatic heterocycles. The third-order valence-corrected chi connectivity index (χ3v) is 1.77. The van der Waals surface area contributed by atoms with Crippen LogP contribution in [0, 0.1) is 12.3 Å². The van der Waals surface area contributed by atoms with Crippen molar-refractivity contribution < 1.29 is 0 Å². The summed E-state index contributed by atoms with van der Waals surface area (Å²) in [4.78, 5) is 8.04. The molecular weight excluding hydrogens is 176 g/mol. The van der Waals surface area contributed by atoms with Gasteiger partial charge in [-0.25, -0.2) is 14.6 Å². The molecule has 2 aromatic heterocycles. The van der Waals surface area contributed by atoms with Crippen molar-refractivity contribution in [3.63, 3.8) is 0 Å². The SMILES string of the molecule is C#CCc1ccc(-n2cncn2)nc1. The summed E-state index contributed by atoms with van der Waals surface area (Å²) in [7, 11) is 0. The maximum Gasteiger partial charge on any atom is 0.155 e. The van der Waals surface area contributed by atoms with E-state index in [1.54, 1.807) is 17.2 Å². The molecule has 14 heavy (non-hydrogen) atoms. The van der Waals surface area contributed by atoms with Crippen LogP contribution in [0.4, 0.5) is 0 Å². The summed E-state index contributed by atoms with van der Waals surface area (Å²) in [5.41, 5.74) is 1.02. The van der Waals surface area contributed by atoms with Gasteiger partial charge >= 0.3 is 0 Å². The number of hydrogen-bond acceptors (Lipinski definition) is 3. The van der Waals surface area contributed by atoms with Crippen LogP contribution in [0.15, 0.2) is 31.0 Å². The van der Waals surface area contributed by atoms with Gasteiger partial charge in [-0.05, 0) is 11.6 Å². The largest absolute Gasteiger partial charge is 0.237 e. The highest BCUT2D eigenvalue weighted by Crippen LogP contribution is 2.03. The van der Waals surface area contributed by atoms with E-state index in [1.807, 2.05) is 12.1 Å². The molecule has 0 bridgehead atoms. The molecule has 0 radical (unpaired) electrons. The van der Waals surface area contributed by atoms with E-state index in [-0.39, 0.29) is 0 Å². The standard InChI is InChI=1S/C10H8N4/c1-2-3-9-4-5-10(12-6-9)14-8-11-7-13-14/h1,4-8H,3H2. The Morgan fingerprint density at radius 3 is 2.93 bits per heavy atom. The van der Waals surface area contributed by atoms with Gasteiger partial charge in [0.1, 0.15) is 12.7 Å².